The topological polar surface area (TPSA) is 40.5 Å². The van der Waals surface area contributed by atoms with Crippen LogP contribution in [0.15, 0.2) is 47.9 Å². The smallest absolute Gasteiger partial charge is 0.246 e. The molecular weight excluding hydrogens is 325 g/mol. The highest BCUT2D eigenvalue weighted by molar-refractivity contribution is 7.10. The highest BCUT2D eigenvalue weighted by atomic mass is 32.1. The zero-order valence-corrected chi connectivity index (χ0v) is 14.1. The lowest BCUT2D eigenvalue weighted by Crippen LogP contribution is -2.38. The SMILES string of the molecule is O=C(/C=C\c1cccs1)N1CCC([C@@H](O)c2ccc(F)cc2)CC1. The molecule has 24 heavy (non-hydrogen) atoms. The number of piperidine rings is 1. The molecule has 5 heteroatoms. The Kier molecular flexibility index (Phi) is 5.43. The van der Waals surface area contributed by atoms with E-state index in [1.165, 1.54) is 12.1 Å². The van der Waals surface area contributed by atoms with Gasteiger partial charge in [-0.2, -0.15) is 0 Å². The van der Waals surface area contributed by atoms with E-state index in [4.69, 9.17) is 0 Å². The lowest BCUT2D eigenvalue weighted by Gasteiger charge is -2.33. The van der Waals surface area contributed by atoms with Gasteiger partial charge in [0.05, 0.1) is 6.10 Å². The number of halogens is 1. The van der Waals surface area contributed by atoms with Crippen molar-refractivity contribution in [1.29, 1.82) is 0 Å². The molecule has 1 saturated heterocycles. The van der Waals surface area contributed by atoms with Crippen molar-refractivity contribution in [3.05, 3.63) is 64.1 Å². The van der Waals surface area contributed by atoms with Crippen LogP contribution in [-0.4, -0.2) is 29.0 Å². The molecule has 0 radical (unpaired) electrons. The van der Waals surface area contributed by atoms with Crippen LogP contribution in [0.2, 0.25) is 0 Å². The fourth-order valence-electron chi connectivity index (χ4n) is 3.01. The van der Waals surface area contributed by atoms with Crippen LogP contribution in [0.4, 0.5) is 4.39 Å². The predicted octanol–water partition coefficient (Wildman–Crippen LogP) is 3.87. The third-order valence-corrected chi connectivity index (χ3v) is 5.28. The molecule has 0 saturated carbocycles. The number of amides is 1. The highest BCUT2D eigenvalue weighted by Crippen LogP contribution is 2.30. The molecule has 1 aliphatic heterocycles. The van der Waals surface area contributed by atoms with Gasteiger partial charge in [-0.25, -0.2) is 4.39 Å². The molecule has 126 valence electrons. The Labute approximate surface area is 145 Å². The molecule has 1 aromatic carbocycles. The Balaban J connectivity index is 1.53. The number of aliphatic hydroxyl groups excluding tert-OH is 1. The minimum atomic E-state index is -0.607. The number of hydrogen-bond acceptors (Lipinski definition) is 3. The molecule has 0 spiro atoms. The number of benzene rings is 1. The van der Waals surface area contributed by atoms with Crippen molar-refractivity contribution in [3.63, 3.8) is 0 Å². The van der Waals surface area contributed by atoms with E-state index in [0.29, 0.717) is 13.1 Å². The predicted molar refractivity (Wildman–Crippen MR) is 94.0 cm³/mol. The number of thiophene rings is 1. The van der Waals surface area contributed by atoms with Crippen molar-refractivity contribution in [1.82, 2.24) is 4.90 Å². The summed E-state index contributed by atoms with van der Waals surface area (Å²) in [5.74, 6) is -0.192. The minimum absolute atomic E-state index is 0.0121. The Morgan fingerprint density at radius 3 is 2.58 bits per heavy atom. The van der Waals surface area contributed by atoms with E-state index in [1.54, 1.807) is 29.5 Å². The third-order valence-electron chi connectivity index (χ3n) is 4.44. The van der Waals surface area contributed by atoms with E-state index >= 15 is 0 Å². The second-order valence-corrected chi connectivity index (χ2v) is 6.99. The third kappa shape index (κ3) is 4.10. The first kappa shape index (κ1) is 16.9. The van der Waals surface area contributed by atoms with Gasteiger partial charge < -0.3 is 10.0 Å². The van der Waals surface area contributed by atoms with Gasteiger partial charge >= 0.3 is 0 Å². The fraction of sp³-hybridized carbons (Fsp3) is 0.316. The molecule has 1 amide bonds. The van der Waals surface area contributed by atoms with Gasteiger partial charge in [-0.05, 0) is 54.0 Å². The Morgan fingerprint density at radius 2 is 1.96 bits per heavy atom. The van der Waals surface area contributed by atoms with Gasteiger partial charge in [0.2, 0.25) is 5.91 Å². The number of nitrogens with zero attached hydrogens (tertiary/aromatic N) is 1. The second-order valence-electron chi connectivity index (χ2n) is 6.01. The summed E-state index contributed by atoms with van der Waals surface area (Å²) in [5.41, 5.74) is 0.735. The average Bonchev–Trinajstić information content (AvgIpc) is 3.13. The molecule has 3 nitrogen and oxygen atoms in total. The maximum atomic E-state index is 13.0. The number of rotatable bonds is 4. The van der Waals surface area contributed by atoms with Crippen molar-refractivity contribution < 1.29 is 14.3 Å². The van der Waals surface area contributed by atoms with Crippen LogP contribution in [0.3, 0.4) is 0 Å². The van der Waals surface area contributed by atoms with Gasteiger partial charge in [-0.15, -0.1) is 11.3 Å². The Morgan fingerprint density at radius 1 is 1.25 bits per heavy atom. The summed E-state index contributed by atoms with van der Waals surface area (Å²) in [5, 5.41) is 12.4. The summed E-state index contributed by atoms with van der Waals surface area (Å²) in [4.78, 5) is 15.1. The summed E-state index contributed by atoms with van der Waals surface area (Å²) >= 11 is 1.60. The first-order valence-electron chi connectivity index (χ1n) is 8.07. The van der Waals surface area contributed by atoms with E-state index < -0.39 is 6.10 Å². The van der Waals surface area contributed by atoms with Gasteiger partial charge in [-0.3, -0.25) is 4.79 Å². The van der Waals surface area contributed by atoms with Crippen molar-refractivity contribution in [2.45, 2.75) is 18.9 Å². The maximum Gasteiger partial charge on any atom is 0.246 e. The Bertz CT molecular complexity index is 689. The monoisotopic (exact) mass is 345 g/mol. The summed E-state index contributed by atoms with van der Waals surface area (Å²) in [6, 6.07) is 9.92. The Hall–Kier alpha value is -1.98. The van der Waals surface area contributed by atoms with Gasteiger partial charge in [-0.1, -0.05) is 18.2 Å². The van der Waals surface area contributed by atoms with Crippen molar-refractivity contribution in [2.75, 3.05) is 13.1 Å². The number of likely N-dealkylation sites (tertiary alicyclic amines) is 1. The normalized spacial score (nSPS) is 17.3. The van der Waals surface area contributed by atoms with Crippen LogP contribution < -0.4 is 0 Å². The highest BCUT2D eigenvalue weighted by Gasteiger charge is 2.27. The van der Waals surface area contributed by atoms with Gasteiger partial charge in [0.1, 0.15) is 5.82 Å². The van der Waals surface area contributed by atoms with Gasteiger partial charge in [0.25, 0.3) is 0 Å². The van der Waals surface area contributed by atoms with Crippen LogP contribution >= 0.6 is 11.3 Å². The lowest BCUT2D eigenvalue weighted by atomic mass is 9.87. The van der Waals surface area contributed by atoms with Crippen LogP contribution in [-0.2, 0) is 4.79 Å². The zero-order valence-electron chi connectivity index (χ0n) is 13.3. The molecule has 2 heterocycles. The first-order chi connectivity index (χ1) is 11.6. The standard InChI is InChI=1S/C19H20FNO2S/c20-16-5-3-14(4-6-16)19(23)15-9-11-21(12-10-15)18(22)8-7-17-2-1-13-24-17/h1-8,13,15,19,23H,9-12H2/b8-7-/t19-/m0/s1. The van der Waals surface area contributed by atoms with E-state index in [9.17, 15) is 14.3 Å². The van der Waals surface area contributed by atoms with Crippen molar-refractivity contribution in [2.24, 2.45) is 5.92 Å². The molecular formula is C19H20FNO2S. The number of carbonyl (C=O) groups is 1. The molecule has 2 aromatic rings. The second kappa shape index (κ2) is 7.73. The van der Waals surface area contributed by atoms with Crippen molar-refractivity contribution in [3.8, 4) is 0 Å². The molecule has 3 rings (SSSR count). The molecule has 0 aliphatic carbocycles. The largest absolute Gasteiger partial charge is 0.388 e. The summed E-state index contributed by atoms with van der Waals surface area (Å²) in [6.45, 7) is 1.27. The summed E-state index contributed by atoms with van der Waals surface area (Å²) < 4.78 is 13.0. The molecule has 1 aliphatic rings. The van der Waals surface area contributed by atoms with E-state index in [2.05, 4.69) is 0 Å². The lowest BCUT2D eigenvalue weighted by molar-refractivity contribution is -0.127. The number of aliphatic hydroxyl groups is 1. The first-order valence-corrected chi connectivity index (χ1v) is 8.95. The van der Waals surface area contributed by atoms with Crippen LogP contribution in [0.5, 0.6) is 0 Å². The minimum Gasteiger partial charge on any atom is -0.388 e. The molecule has 1 N–H and O–H groups in total. The van der Waals surface area contributed by atoms with E-state index in [0.717, 1.165) is 23.3 Å². The fourth-order valence-corrected chi connectivity index (χ4v) is 3.63. The summed E-state index contributed by atoms with van der Waals surface area (Å²) in [6.07, 6.45) is 4.34. The van der Waals surface area contributed by atoms with Crippen LogP contribution in [0.1, 0.15) is 29.4 Å². The van der Waals surface area contributed by atoms with E-state index in [1.807, 2.05) is 28.5 Å². The molecule has 1 aromatic heterocycles. The maximum absolute atomic E-state index is 13.0. The van der Waals surface area contributed by atoms with Crippen molar-refractivity contribution >= 4 is 23.3 Å². The van der Waals surface area contributed by atoms with Crippen LogP contribution in [0, 0.1) is 11.7 Å². The van der Waals surface area contributed by atoms with Gasteiger partial charge in [0, 0.05) is 24.0 Å². The number of carbonyl (C=O) groups excluding carboxylic acids is 1. The quantitative estimate of drug-likeness (QED) is 0.855. The van der Waals surface area contributed by atoms with E-state index in [-0.39, 0.29) is 17.6 Å². The summed E-state index contributed by atoms with van der Waals surface area (Å²) in [7, 11) is 0. The van der Waals surface area contributed by atoms with Gasteiger partial charge in [0.15, 0.2) is 0 Å². The molecule has 0 bridgehead atoms. The number of hydrogen-bond donors (Lipinski definition) is 1. The molecule has 1 atom stereocenters. The van der Waals surface area contributed by atoms with Crippen LogP contribution in [0.25, 0.3) is 6.08 Å². The molecule has 0 unspecified atom stereocenters. The molecule has 1 fully saturated rings. The average molecular weight is 345 g/mol. The zero-order chi connectivity index (χ0) is 16.9.